The SMILES string of the molecule is CCn1cc2c(n1)-c1c(oc(C(=O)Nc3ccc(F)cc3)c1C)CC2. The summed E-state index contributed by atoms with van der Waals surface area (Å²) in [5, 5.41) is 7.37. The van der Waals surface area contributed by atoms with Gasteiger partial charge in [-0.25, -0.2) is 4.39 Å². The molecule has 0 bridgehead atoms. The van der Waals surface area contributed by atoms with Crippen LogP contribution >= 0.6 is 0 Å². The molecule has 0 saturated heterocycles. The average molecular weight is 339 g/mol. The van der Waals surface area contributed by atoms with Crippen molar-refractivity contribution in [3.63, 3.8) is 0 Å². The first-order chi connectivity index (χ1) is 12.1. The van der Waals surface area contributed by atoms with E-state index in [9.17, 15) is 9.18 Å². The van der Waals surface area contributed by atoms with E-state index in [4.69, 9.17) is 4.42 Å². The molecule has 128 valence electrons. The molecule has 4 rings (SSSR count). The highest BCUT2D eigenvalue weighted by Crippen LogP contribution is 2.38. The van der Waals surface area contributed by atoms with Crippen molar-refractivity contribution < 1.29 is 13.6 Å². The predicted octanol–water partition coefficient (Wildman–Crippen LogP) is 3.96. The monoisotopic (exact) mass is 339 g/mol. The van der Waals surface area contributed by atoms with Gasteiger partial charge in [0.2, 0.25) is 0 Å². The number of furan rings is 1. The molecule has 25 heavy (non-hydrogen) atoms. The van der Waals surface area contributed by atoms with Crippen molar-refractivity contribution in [1.82, 2.24) is 9.78 Å². The fourth-order valence-electron chi connectivity index (χ4n) is 3.26. The fourth-order valence-corrected chi connectivity index (χ4v) is 3.26. The van der Waals surface area contributed by atoms with Gasteiger partial charge in [-0.05, 0) is 50.1 Å². The Morgan fingerprint density at radius 2 is 2.08 bits per heavy atom. The number of anilines is 1. The van der Waals surface area contributed by atoms with Crippen LogP contribution in [0.4, 0.5) is 10.1 Å². The number of carbonyl (C=O) groups excluding carboxylic acids is 1. The van der Waals surface area contributed by atoms with Crippen LogP contribution in [0.1, 0.15) is 34.4 Å². The van der Waals surface area contributed by atoms with Crippen molar-refractivity contribution in [1.29, 1.82) is 0 Å². The molecule has 1 aromatic carbocycles. The number of nitrogens with zero attached hydrogens (tertiary/aromatic N) is 2. The molecule has 0 radical (unpaired) electrons. The van der Waals surface area contributed by atoms with E-state index in [0.717, 1.165) is 42.0 Å². The summed E-state index contributed by atoms with van der Waals surface area (Å²) in [5.74, 6) is 0.403. The summed E-state index contributed by atoms with van der Waals surface area (Å²) >= 11 is 0. The number of nitrogens with one attached hydrogen (secondary N) is 1. The Hall–Kier alpha value is -2.89. The lowest BCUT2D eigenvalue weighted by molar-refractivity contribution is 0.0994. The summed E-state index contributed by atoms with van der Waals surface area (Å²) in [6.07, 6.45) is 3.67. The molecular weight excluding hydrogens is 321 g/mol. The number of amides is 1. The van der Waals surface area contributed by atoms with Gasteiger partial charge in [0.25, 0.3) is 5.91 Å². The number of carbonyl (C=O) groups is 1. The van der Waals surface area contributed by atoms with Gasteiger partial charge < -0.3 is 9.73 Å². The first-order valence-corrected chi connectivity index (χ1v) is 8.32. The van der Waals surface area contributed by atoms with Crippen LogP contribution in [0.3, 0.4) is 0 Å². The minimum atomic E-state index is -0.346. The third-order valence-electron chi connectivity index (χ3n) is 4.55. The highest BCUT2D eigenvalue weighted by atomic mass is 19.1. The number of hydrogen-bond acceptors (Lipinski definition) is 3. The summed E-state index contributed by atoms with van der Waals surface area (Å²) in [6.45, 7) is 4.72. The van der Waals surface area contributed by atoms with Crippen LogP contribution in [-0.2, 0) is 19.4 Å². The molecule has 0 unspecified atom stereocenters. The quantitative estimate of drug-likeness (QED) is 0.786. The predicted molar refractivity (Wildman–Crippen MR) is 92.1 cm³/mol. The normalized spacial score (nSPS) is 12.6. The van der Waals surface area contributed by atoms with Crippen molar-refractivity contribution in [3.05, 3.63) is 58.9 Å². The van der Waals surface area contributed by atoms with Gasteiger partial charge in [-0.1, -0.05) is 0 Å². The standard InChI is InChI=1S/C19H18FN3O2/c1-3-23-10-12-4-9-15-16(17(12)22-23)11(2)18(25-15)19(24)21-14-7-5-13(20)6-8-14/h5-8,10H,3-4,9H2,1-2H3,(H,21,24). The van der Waals surface area contributed by atoms with Crippen molar-refractivity contribution in [2.24, 2.45) is 0 Å². The summed E-state index contributed by atoms with van der Waals surface area (Å²) < 4.78 is 20.8. The van der Waals surface area contributed by atoms with Gasteiger partial charge in [-0.15, -0.1) is 0 Å². The molecular formula is C19H18FN3O2. The molecule has 5 nitrogen and oxygen atoms in total. The first kappa shape index (κ1) is 15.6. The van der Waals surface area contributed by atoms with E-state index in [1.165, 1.54) is 29.8 Å². The lowest BCUT2D eigenvalue weighted by atomic mass is 9.93. The molecule has 2 aromatic heterocycles. The zero-order valence-electron chi connectivity index (χ0n) is 14.1. The van der Waals surface area contributed by atoms with Crippen LogP contribution in [0.5, 0.6) is 0 Å². The molecule has 3 aromatic rings. The Labute approximate surface area is 144 Å². The Bertz CT molecular complexity index is 954. The van der Waals surface area contributed by atoms with Gasteiger partial charge in [0.1, 0.15) is 11.6 Å². The van der Waals surface area contributed by atoms with E-state index in [-0.39, 0.29) is 17.5 Å². The van der Waals surface area contributed by atoms with E-state index in [2.05, 4.69) is 16.6 Å². The molecule has 0 aliphatic heterocycles. The molecule has 2 heterocycles. The zero-order chi connectivity index (χ0) is 17.6. The van der Waals surface area contributed by atoms with E-state index in [0.29, 0.717) is 5.69 Å². The number of aromatic nitrogens is 2. The average Bonchev–Trinajstić information content (AvgIpc) is 3.17. The van der Waals surface area contributed by atoms with Gasteiger partial charge in [-0.3, -0.25) is 9.48 Å². The summed E-state index contributed by atoms with van der Waals surface area (Å²) in [7, 11) is 0. The van der Waals surface area contributed by atoms with Gasteiger partial charge >= 0.3 is 0 Å². The highest BCUT2D eigenvalue weighted by molar-refractivity contribution is 6.04. The van der Waals surface area contributed by atoms with E-state index in [1.807, 2.05) is 18.5 Å². The highest BCUT2D eigenvalue weighted by Gasteiger charge is 2.29. The summed E-state index contributed by atoms with van der Waals surface area (Å²) in [6, 6.07) is 5.65. The molecule has 0 saturated carbocycles. The molecule has 0 atom stereocenters. The largest absolute Gasteiger partial charge is 0.455 e. The van der Waals surface area contributed by atoms with Crippen LogP contribution < -0.4 is 5.32 Å². The molecule has 1 aliphatic rings. The Kier molecular flexibility index (Phi) is 3.67. The van der Waals surface area contributed by atoms with E-state index < -0.39 is 0 Å². The topological polar surface area (TPSA) is 60.1 Å². The maximum Gasteiger partial charge on any atom is 0.291 e. The van der Waals surface area contributed by atoms with Gasteiger partial charge in [0.05, 0.1) is 5.69 Å². The third-order valence-corrected chi connectivity index (χ3v) is 4.55. The number of aryl methyl sites for hydroxylation is 3. The summed E-state index contributed by atoms with van der Waals surface area (Å²) in [4.78, 5) is 12.6. The number of hydrogen-bond donors (Lipinski definition) is 1. The zero-order valence-corrected chi connectivity index (χ0v) is 14.1. The third kappa shape index (κ3) is 2.63. The van der Waals surface area contributed by atoms with Crippen LogP contribution in [-0.4, -0.2) is 15.7 Å². The van der Waals surface area contributed by atoms with Crippen molar-refractivity contribution in [2.75, 3.05) is 5.32 Å². The Morgan fingerprint density at radius 1 is 1.32 bits per heavy atom. The molecule has 0 spiro atoms. The number of rotatable bonds is 3. The van der Waals surface area contributed by atoms with E-state index in [1.54, 1.807) is 0 Å². The number of halogens is 1. The van der Waals surface area contributed by atoms with Crippen LogP contribution in [0.25, 0.3) is 11.3 Å². The first-order valence-electron chi connectivity index (χ1n) is 8.32. The second-order valence-corrected chi connectivity index (χ2v) is 6.17. The van der Waals surface area contributed by atoms with Crippen molar-refractivity contribution in [2.45, 2.75) is 33.2 Å². The smallest absolute Gasteiger partial charge is 0.291 e. The lowest BCUT2D eigenvalue weighted by Gasteiger charge is -2.09. The molecule has 1 amide bonds. The number of fused-ring (bicyclic) bond motifs is 3. The van der Waals surface area contributed by atoms with Gasteiger partial charge in [-0.2, -0.15) is 5.10 Å². The maximum atomic E-state index is 13.0. The minimum absolute atomic E-state index is 0.285. The van der Waals surface area contributed by atoms with Crippen LogP contribution in [0.15, 0.2) is 34.9 Å². The number of benzene rings is 1. The molecule has 0 fully saturated rings. The van der Waals surface area contributed by atoms with Gasteiger partial charge in [0, 0.05) is 36.0 Å². The Balaban J connectivity index is 1.69. The minimum Gasteiger partial charge on any atom is -0.455 e. The molecule has 1 N–H and O–H groups in total. The fraction of sp³-hybridized carbons (Fsp3) is 0.263. The van der Waals surface area contributed by atoms with Gasteiger partial charge in [0.15, 0.2) is 5.76 Å². The Morgan fingerprint density at radius 3 is 2.80 bits per heavy atom. The molecule has 6 heteroatoms. The maximum absolute atomic E-state index is 13.0. The molecule has 1 aliphatic carbocycles. The van der Waals surface area contributed by atoms with Crippen molar-refractivity contribution >= 4 is 11.6 Å². The lowest BCUT2D eigenvalue weighted by Crippen LogP contribution is -2.12. The van der Waals surface area contributed by atoms with Crippen molar-refractivity contribution in [3.8, 4) is 11.3 Å². The van der Waals surface area contributed by atoms with Crippen LogP contribution in [0, 0.1) is 12.7 Å². The second-order valence-electron chi connectivity index (χ2n) is 6.17. The summed E-state index contributed by atoms with van der Waals surface area (Å²) in [5.41, 5.74) is 4.33. The second kappa shape index (κ2) is 5.88. The van der Waals surface area contributed by atoms with E-state index >= 15 is 0 Å². The van der Waals surface area contributed by atoms with Crippen LogP contribution in [0.2, 0.25) is 0 Å².